The summed E-state index contributed by atoms with van der Waals surface area (Å²) < 4.78 is 46.3. The number of furan rings is 1. The fourth-order valence-corrected chi connectivity index (χ4v) is 3.11. The number of amides is 1. The summed E-state index contributed by atoms with van der Waals surface area (Å²) in [5.74, 6) is -1.21. The van der Waals surface area contributed by atoms with Crippen molar-refractivity contribution in [2.75, 3.05) is 0 Å². The molecule has 3 heterocycles. The van der Waals surface area contributed by atoms with Gasteiger partial charge in [-0.15, -0.1) is 0 Å². The number of alkyl halides is 3. The molecule has 1 aliphatic rings. The largest absolute Gasteiger partial charge is 0.450 e. The van der Waals surface area contributed by atoms with E-state index in [1.807, 2.05) is 6.07 Å². The van der Waals surface area contributed by atoms with Crippen molar-refractivity contribution < 1.29 is 22.4 Å². The Balaban J connectivity index is 1.82. The molecule has 10 heteroatoms. The number of nitrogens with zero attached hydrogens (tertiary/aromatic N) is 5. The van der Waals surface area contributed by atoms with Gasteiger partial charge in [0.1, 0.15) is 23.1 Å². The fourth-order valence-electron chi connectivity index (χ4n) is 3.11. The summed E-state index contributed by atoms with van der Waals surface area (Å²) >= 11 is 0. The lowest BCUT2D eigenvalue weighted by Gasteiger charge is -2.08. The number of aryl methyl sites for hydroxylation is 2. The van der Waals surface area contributed by atoms with Crippen molar-refractivity contribution >= 4 is 17.3 Å². The Labute approximate surface area is 162 Å². The lowest BCUT2D eigenvalue weighted by Crippen LogP contribution is -2.26. The van der Waals surface area contributed by atoms with Gasteiger partial charge in [0.05, 0.1) is 11.9 Å². The second kappa shape index (κ2) is 6.55. The number of carbonyl (C=O) groups is 1. The average molecular weight is 401 g/mol. The molecule has 1 saturated carbocycles. The minimum absolute atomic E-state index is 0.0881. The molecule has 3 aromatic rings. The van der Waals surface area contributed by atoms with Crippen LogP contribution in [-0.4, -0.2) is 32.4 Å². The lowest BCUT2D eigenvalue weighted by atomic mass is 10.1. The summed E-state index contributed by atoms with van der Waals surface area (Å²) in [6, 6.07) is 5.09. The first-order valence-corrected chi connectivity index (χ1v) is 8.75. The maximum Gasteiger partial charge on any atom is 0.429 e. The first-order valence-electron chi connectivity index (χ1n) is 8.75. The van der Waals surface area contributed by atoms with Crippen LogP contribution in [0.1, 0.15) is 40.4 Å². The molecule has 3 aromatic heterocycles. The molecule has 0 saturated heterocycles. The molecule has 148 valence electrons. The number of nitriles is 1. The van der Waals surface area contributed by atoms with Gasteiger partial charge in [-0.2, -0.15) is 23.5 Å². The van der Waals surface area contributed by atoms with Gasteiger partial charge in [-0.05, 0) is 32.8 Å². The predicted octanol–water partition coefficient (Wildman–Crippen LogP) is 4.03. The summed E-state index contributed by atoms with van der Waals surface area (Å²) in [6.45, 7) is 3.38. The Kier molecular flexibility index (Phi) is 4.26. The van der Waals surface area contributed by atoms with E-state index in [2.05, 4.69) is 15.1 Å². The summed E-state index contributed by atoms with van der Waals surface area (Å²) in [6.07, 6.45) is -2.77. The van der Waals surface area contributed by atoms with E-state index in [0.717, 1.165) is 6.20 Å². The second-order valence-corrected chi connectivity index (χ2v) is 6.84. The minimum Gasteiger partial charge on any atom is -0.450 e. The summed E-state index contributed by atoms with van der Waals surface area (Å²) in [4.78, 5) is 20.3. The Morgan fingerprint density at radius 1 is 1.34 bits per heavy atom. The summed E-state index contributed by atoms with van der Waals surface area (Å²) in [7, 11) is 0. The highest BCUT2D eigenvalue weighted by Crippen LogP contribution is 2.38. The van der Waals surface area contributed by atoms with Crippen molar-refractivity contribution in [3.8, 4) is 17.3 Å². The zero-order valence-electron chi connectivity index (χ0n) is 15.4. The van der Waals surface area contributed by atoms with Crippen LogP contribution in [-0.2, 0) is 0 Å². The molecule has 4 rings (SSSR count). The van der Waals surface area contributed by atoms with Crippen LogP contribution in [0.4, 0.5) is 13.2 Å². The van der Waals surface area contributed by atoms with E-state index in [-0.39, 0.29) is 17.0 Å². The van der Waals surface area contributed by atoms with Crippen molar-refractivity contribution in [3.05, 3.63) is 41.1 Å². The predicted molar refractivity (Wildman–Crippen MR) is 95.4 cm³/mol. The Bertz CT molecular complexity index is 1210. The first-order chi connectivity index (χ1) is 13.7. The molecule has 0 unspecified atom stereocenters. The van der Waals surface area contributed by atoms with E-state index in [4.69, 9.17) is 9.68 Å². The fraction of sp³-hybridized carbons (Fsp3) is 0.316. The molecule has 0 bridgehead atoms. The molecule has 0 radical (unpaired) electrons. The molecule has 29 heavy (non-hydrogen) atoms. The van der Waals surface area contributed by atoms with E-state index in [9.17, 15) is 18.0 Å². The highest BCUT2D eigenvalue weighted by molar-refractivity contribution is 6.09. The number of rotatable bonds is 3. The summed E-state index contributed by atoms with van der Waals surface area (Å²) in [5, 5.41) is 13.1. The van der Waals surface area contributed by atoms with E-state index in [1.165, 1.54) is 10.6 Å². The third kappa shape index (κ3) is 3.40. The number of hydrogen-bond acceptors (Lipinski definition) is 5. The van der Waals surface area contributed by atoms with Crippen molar-refractivity contribution in [1.29, 1.82) is 5.26 Å². The normalized spacial score (nSPS) is 15.0. The van der Waals surface area contributed by atoms with Crippen LogP contribution in [0, 0.1) is 31.1 Å². The molecule has 0 spiro atoms. The molecule has 0 atom stereocenters. The number of aromatic nitrogens is 3. The Hall–Kier alpha value is -3.48. The van der Waals surface area contributed by atoms with E-state index < -0.39 is 23.7 Å². The van der Waals surface area contributed by atoms with Crippen LogP contribution in [0.25, 0.3) is 16.9 Å². The first kappa shape index (κ1) is 18.9. The van der Waals surface area contributed by atoms with Crippen LogP contribution >= 0.6 is 0 Å². The zero-order chi connectivity index (χ0) is 20.9. The molecule has 0 aliphatic heterocycles. The molecule has 1 fully saturated rings. The van der Waals surface area contributed by atoms with Crippen molar-refractivity contribution in [2.45, 2.75) is 32.9 Å². The van der Waals surface area contributed by atoms with Gasteiger partial charge in [-0.25, -0.2) is 14.5 Å². The number of fused-ring (bicyclic) bond motifs is 1. The van der Waals surface area contributed by atoms with Gasteiger partial charge in [-0.1, -0.05) is 0 Å². The van der Waals surface area contributed by atoms with Crippen molar-refractivity contribution in [1.82, 2.24) is 14.6 Å². The Morgan fingerprint density at radius 3 is 2.66 bits per heavy atom. The molecular weight excluding hydrogens is 387 g/mol. The highest BCUT2D eigenvalue weighted by Gasteiger charge is 2.45. The molecule has 0 aromatic carbocycles. The van der Waals surface area contributed by atoms with Gasteiger partial charge in [0.2, 0.25) is 5.76 Å². The number of hydrogen-bond donors (Lipinski definition) is 0. The van der Waals surface area contributed by atoms with Crippen molar-refractivity contribution in [2.24, 2.45) is 10.9 Å². The molecule has 1 aliphatic carbocycles. The molecular formula is C19H14F3N5O2. The van der Waals surface area contributed by atoms with Crippen LogP contribution in [0.2, 0.25) is 0 Å². The molecule has 0 N–H and O–H groups in total. The van der Waals surface area contributed by atoms with Gasteiger partial charge in [0.15, 0.2) is 5.65 Å². The van der Waals surface area contributed by atoms with E-state index >= 15 is 0 Å². The van der Waals surface area contributed by atoms with Crippen LogP contribution in [0.15, 0.2) is 27.7 Å². The van der Waals surface area contributed by atoms with Crippen LogP contribution in [0.3, 0.4) is 0 Å². The smallest absolute Gasteiger partial charge is 0.429 e. The lowest BCUT2D eigenvalue weighted by molar-refractivity contribution is -0.0613. The third-order valence-corrected chi connectivity index (χ3v) is 4.66. The monoisotopic (exact) mass is 401 g/mol. The second-order valence-electron chi connectivity index (χ2n) is 6.84. The highest BCUT2D eigenvalue weighted by atomic mass is 19.4. The number of carbonyl (C=O) groups excluding carboxylic acids is 1. The molecule has 7 nitrogen and oxygen atoms in total. The maximum atomic E-state index is 13.2. The van der Waals surface area contributed by atoms with E-state index in [1.54, 1.807) is 19.9 Å². The number of aliphatic imine (C=N–C) groups is 1. The SMILES string of the molecule is Cc1oc(C#N)cc1-c1cc(C)n2ncc(C(=O)N=C(C3CC3)C(F)(F)F)c2n1. The summed E-state index contributed by atoms with van der Waals surface area (Å²) in [5.41, 5.74) is 0.465. The van der Waals surface area contributed by atoms with Gasteiger partial charge < -0.3 is 4.42 Å². The average Bonchev–Trinajstić information content (AvgIpc) is 3.27. The minimum atomic E-state index is -4.66. The van der Waals surface area contributed by atoms with Gasteiger partial charge in [0, 0.05) is 23.2 Å². The zero-order valence-corrected chi connectivity index (χ0v) is 15.4. The van der Waals surface area contributed by atoms with Gasteiger partial charge in [-0.3, -0.25) is 4.79 Å². The quantitative estimate of drug-likeness (QED) is 0.618. The van der Waals surface area contributed by atoms with Crippen LogP contribution in [0.5, 0.6) is 0 Å². The maximum absolute atomic E-state index is 13.2. The van der Waals surface area contributed by atoms with Gasteiger partial charge in [0.25, 0.3) is 5.91 Å². The van der Waals surface area contributed by atoms with Crippen LogP contribution < -0.4 is 0 Å². The van der Waals surface area contributed by atoms with Gasteiger partial charge >= 0.3 is 6.18 Å². The number of halogens is 3. The molecule has 1 amide bonds. The van der Waals surface area contributed by atoms with Crippen molar-refractivity contribution in [3.63, 3.8) is 0 Å². The Morgan fingerprint density at radius 2 is 2.07 bits per heavy atom. The third-order valence-electron chi connectivity index (χ3n) is 4.66. The van der Waals surface area contributed by atoms with E-state index in [0.29, 0.717) is 35.6 Å². The standard InChI is InChI=1S/C19H14F3N5O2/c1-9-5-15(13-6-12(7-23)29-10(13)2)25-17-14(8-24-27(9)17)18(28)26-16(11-3-4-11)19(20,21)22/h5-6,8,11H,3-4H2,1-2H3. The topological polar surface area (TPSA) is 96.6 Å².